The fourth-order valence-corrected chi connectivity index (χ4v) is 1.56. The summed E-state index contributed by atoms with van der Waals surface area (Å²) in [7, 11) is 1.54. The summed E-state index contributed by atoms with van der Waals surface area (Å²) >= 11 is 0. The monoisotopic (exact) mass is 260 g/mol. The number of ether oxygens (including phenoxy) is 1. The van der Waals surface area contributed by atoms with Crippen molar-refractivity contribution in [3.63, 3.8) is 0 Å². The smallest absolute Gasteiger partial charge is 0.326 e. The van der Waals surface area contributed by atoms with Crippen molar-refractivity contribution in [1.82, 2.24) is 10.6 Å². The molecule has 0 spiro atoms. The molecule has 0 aromatic rings. The second-order valence-electron chi connectivity index (χ2n) is 5.12. The molecule has 0 aromatic heterocycles. The average Bonchev–Trinajstić information content (AvgIpc) is 2.23. The average molecular weight is 260 g/mol. The number of amides is 2. The second kappa shape index (κ2) is 7.20. The number of carbonyl (C=O) groups is 2. The molecule has 0 radical (unpaired) electrons. The highest BCUT2D eigenvalue weighted by molar-refractivity contribution is 5.83. The summed E-state index contributed by atoms with van der Waals surface area (Å²) in [6, 6.07) is -1.38. The molecule has 6 nitrogen and oxygen atoms in total. The maximum Gasteiger partial charge on any atom is 0.326 e. The molecule has 106 valence electrons. The third-order valence-corrected chi connectivity index (χ3v) is 2.72. The molecule has 0 aliphatic rings. The Bertz CT molecular complexity index is 292. The Labute approximate surface area is 108 Å². The van der Waals surface area contributed by atoms with Crippen molar-refractivity contribution in [3.8, 4) is 0 Å². The molecule has 18 heavy (non-hydrogen) atoms. The summed E-state index contributed by atoms with van der Waals surface area (Å²) in [6.07, 6.45) is 0.679. The standard InChI is InChI=1S/C12H24N2O4/c1-6-8(2)9(10(15)16)13-11(17)14-12(3,4)7-18-5/h8-9H,6-7H2,1-5H3,(H,15,16)(H2,13,14,17)/t8-,9-/m0/s1. The van der Waals surface area contributed by atoms with E-state index < -0.39 is 23.6 Å². The van der Waals surface area contributed by atoms with Crippen molar-refractivity contribution in [3.05, 3.63) is 0 Å². The zero-order valence-corrected chi connectivity index (χ0v) is 11.7. The van der Waals surface area contributed by atoms with Crippen LogP contribution in [0.4, 0.5) is 4.79 Å². The molecule has 0 aromatic carbocycles. The lowest BCUT2D eigenvalue weighted by Gasteiger charge is -2.27. The van der Waals surface area contributed by atoms with Gasteiger partial charge in [0.1, 0.15) is 6.04 Å². The SMILES string of the molecule is CC[C@H](C)[C@H](NC(=O)NC(C)(C)COC)C(=O)O. The molecule has 6 heteroatoms. The summed E-state index contributed by atoms with van der Waals surface area (Å²) in [6.45, 7) is 7.63. The van der Waals surface area contributed by atoms with E-state index in [0.717, 1.165) is 0 Å². The third kappa shape index (κ3) is 5.86. The summed E-state index contributed by atoms with van der Waals surface area (Å²) in [5.41, 5.74) is -0.544. The number of hydrogen-bond acceptors (Lipinski definition) is 3. The van der Waals surface area contributed by atoms with E-state index in [1.165, 1.54) is 0 Å². The Kier molecular flexibility index (Phi) is 6.68. The number of urea groups is 1. The van der Waals surface area contributed by atoms with Gasteiger partial charge in [0, 0.05) is 7.11 Å². The zero-order chi connectivity index (χ0) is 14.3. The van der Waals surface area contributed by atoms with Gasteiger partial charge in [0.05, 0.1) is 12.1 Å². The van der Waals surface area contributed by atoms with E-state index in [9.17, 15) is 9.59 Å². The number of aliphatic carboxylic acids is 1. The van der Waals surface area contributed by atoms with Crippen molar-refractivity contribution < 1.29 is 19.4 Å². The van der Waals surface area contributed by atoms with Gasteiger partial charge in [-0.15, -0.1) is 0 Å². The van der Waals surface area contributed by atoms with Crippen LogP contribution in [0.25, 0.3) is 0 Å². The van der Waals surface area contributed by atoms with Crippen LogP contribution in [-0.4, -0.2) is 42.4 Å². The Morgan fingerprint density at radius 2 is 1.94 bits per heavy atom. The predicted octanol–water partition coefficient (Wildman–Crippen LogP) is 1.21. The molecular weight excluding hydrogens is 236 g/mol. The summed E-state index contributed by atoms with van der Waals surface area (Å²) in [4.78, 5) is 22.8. The molecule has 3 N–H and O–H groups in total. The maximum atomic E-state index is 11.7. The lowest BCUT2D eigenvalue weighted by molar-refractivity contribution is -0.140. The quantitative estimate of drug-likeness (QED) is 0.642. The number of methoxy groups -OCH3 is 1. The summed E-state index contributed by atoms with van der Waals surface area (Å²) in [5.74, 6) is -1.15. The normalized spacial score (nSPS) is 14.7. The second-order valence-corrected chi connectivity index (χ2v) is 5.12. The van der Waals surface area contributed by atoms with Crippen molar-refractivity contribution in [1.29, 1.82) is 0 Å². The van der Waals surface area contributed by atoms with Crippen LogP contribution < -0.4 is 10.6 Å². The Balaban J connectivity index is 4.48. The van der Waals surface area contributed by atoms with Crippen LogP contribution in [-0.2, 0) is 9.53 Å². The van der Waals surface area contributed by atoms with Gasteiger partial charge < -0.3 is 20.5 Å². The van der Waals surface area contributed by atoms with Gasteiger partial charge in [0.25, 0.3) is 0 Å². The van der Waals surface area contributed by atoms with E-state index in [1.807, 2.05) is 6.92 Å². The van der Waals surface area contributed by atoms with Crippen LogP contribution in [0.2, 0.25) is 0 Å². The molecule has 0 saturated carbocycles. The Morgan fingerprint density at radius 3 is 2.33 bits per heavy atom. The molecular formula is C12H24N2O4. The number of carbonyl (C=O) groups excluding carboxylic acids is 1. The van der Waals surface area contributed by atoms with E-state index in [0.29, 0.717) is 13.0 Å². The molecule has 0 aliphatic heterocycles. The van der Waals surface area contributed by atoms with Gasteiger partial charge in [-0.3, -0.25) is 0 Å². The largest absolute Gasteiger partial charge is 0.480 e. The molecule has 0 unspecified atom stereocenters. The van der Waals surface area contributed by atoms with Gasteiger partial charge >= 0.3 is 12.0 Å². The molecule has 0 rings (SSSR count). The van der Waals surface area contributed by atoms with Gasteiger partial charge in [0.2, 0.25) is 0 Å². The highest BCUT2D eigenvalue weighted by Gasteiger charge is 2.27. The van der Waals surface area contributed by atoms with Crippen molar-refractivity contribution >= 4 is 12.0 Å². The molecule has 0 bridgehead atoms. The topological polar surface area (TPSA) is 87.7 Å². The lowest BCUT2D eigenvalue weighted by Crippen LogP contribution is -2.55. The first kappa shape index (κ1) is 16.7. The molecule has 0 aliphatic carbocycles. The number of hydrogen-bond donors (Lipinski definition) is 3. The first-order valence-corrected chi connectivity index (χ1v) is 6.04. The van der Waals surface area contributed by atoms with E-state index >= 15 is 0 Å². The number of carboxylic acids is 1. The van der Waals surface area contributed by atoms with E-state index in [1.54, 1.807) is 27.9 Å². The first-order valence-electron chi connectivity index (χ1n) is 6.04. The van der Waals surface area contributed by atoms with Crippen LogP contribution in [0.15, 0.2) is 0 Å². The number of nitrogens with one attached hydrogen (secondary N) is 2. The van der Waals surface area contributed by atoms with Crippen molar-refractivity contribution in [2.24, 2.45) is 5.92 Å². The van der Waals surface area contributed by atoms with Crippen molar-refractivity contribution in [2.75, 3.05) is 13.7 Å². The molecule has 2 amide bonds. The van der Waals surface area contributed by atoms with E-state index in [-0.39, 0.29) is 5.92 Å². The van der Waals surface area contributed by atoms with Crippen LogP contribution >= 0.6 is 0 Å². The van der Waals surface area contributed by atoms with Gasteiger partial charge in [0.15, 0.2) is 0 Å². The molecule has 2 atom stereocenters. The zero-order valence-electron chi connectivity index (χ0n) is 11.7. The highest BCUT2D eigenvalue weighted by Crippen LogP contribution is 2.08. The van der Waals surface area contributed by atoms with Crippen LogP contribution in [0, 0.1) is 5.92 Å². The molecule has 0 saturated heterocycles. The summed E-state index contributed by atoms with van der Waals surface area (Å²) in [5, 5.41) is 14.2. The minimum absolute atomic E-state index is 0.126. The van der Waals surface area contributed by atoms with Crippen LogP contribution in [0.1, 0.15) is 34.1 Å². The molecule has 0 heterocycles. The van der Waals surface area contributed by atoms with E-state index in [4.69, 9.17) is 9.84 Å². The lowest BCUT2D eigenvalue weighted by atomic mass is 9.99. The minimum Gasteiger partial charge on any atom is -0.480 e. The number of carboxylic acid groups (broad SMARTS) is 1. The maximum absolute atomic E-state index is 11.7. The van der Waals surface area contributed by atoms with E-state index in [2.05, 4.69) is 10.6 Å². The Morgan fingerprint density at radius 1 is 1.39 bits per heavy atom. The highest BCUT2D eigenvalue weighted by atomic mass is 16.5. The van der Waals surface area contributed by atoms with Crippen LogP contribution in [0.5, 0.6) is 0 Å². The first-order chi connectivity index (χ1) is 8.23. The number of rotatable bonds is 7. The molecule has 0 fully saturated rings. The predicted molar refractivity (Wildman–Crippen MR) is 68.5 cm³/mol. The van der Waals surface area contributed by atoms with Gasteiger partial charge in [-0.25, -0.2) is 9.59 Å². The van der Waals surface area contributed by atoms with Crippen LogP contribution in [0.3, 0.4) is 0 Å². The fourth-order valence-electron chi connectivity index (χ4n) is 1.56. The van der Waals surface area contributed by atoms with Gasteiger partial charge in [-0.2, -0.15) is 0 Å². The third-order valence-electron chi connectivity index (χ3n) is 2.72. The fraction of sp³-hybridized carbons (Fsp3) is 0.833. The minimum atomic E-state index is -1.02. The van der Waals surface area contributed by atoms with Crippen molar-refractivity contribution in [2.45, 2.75) is 45.7 Å². The summed E-state index contributed by atoms with van der Waals surface area (Å²) < 4.78 is 4.97. The van der Waals surface area contributed by atoms with Gasteiger partial charge in [-0.05, 0) is 19.8 Å². The van der Waals surface area contributed by atoms with Gasteiger partial charge in [-0.1, -0.05) is 20.3 Å². The Hall–Kier alpha value is -1.30.